The molecule has 1 aromatic heterocycles. The lowest BCUT2D eigenvalue weighted by Gasteiger charge is -2.33. The molecule has 0 spiro atoms. The van der Waals surface area contributed by atoms with Gasteiger partial charge in [0.05, 0.1) is 18.2 Å². The summed E-state index contributed by atoms with van der Waals surface area (Å²) in [5.41, 5.74) is 0.440. The Kier molecular flexibility index (Phi) is 5.10. The van der Waals surface area contributed by atoms with Crippen molar-refractivity contribution >= 4 is 11.7 Å². The molecule has 1 aromatic rings. The van der Waals surface area contributed by atoms with Gasteiger partial charge >= 0.3 is 0 Å². The molecule has 1 N–H and O–H groups in total. The number of aromatic nitrogens is 1. The second kappa shape index (κ2) is 7.25. The van der Waals surface area contributed by atoms with Gasteiger partial charge in [0.1, 0.15) is 11.6 Å². The van der Waals surface area contributed by atoms with Gasteiger partial charge in [0.25, 0.3) is 0 Å². The number of hydrogen-bond donors (Lipinski definition) is 1. The average molecular weight is 321 g/mol. The number of rotatable bonds is 4. The summed E-state index contributed by atoms with van der Waals surface area (Å²) in [7, 11) is 0. The van der Waals surface area contributed by atoms with Crippen LogP contribution in [0.25, 0.3) is 0 Å². The lowest BCUT2D eigenvalue weighted by Crippen LogP contribution is -2.40. The summed E-state index contributed by atoms with van der Waals surface area (Å²) in [6, 6.07) is 3.22. The normalized spacial score (nSPS) is 22.3. The van der Waals surface area contributed by atoms with E-state index in [0.717, 1.165) is 44.7 Å². The van der Waals surface area contributed by atoms with Crippen molar-refractivity contribution in [3.8, 4) is 0 Å². The molecule has 1 amide bonds. The molecule has 6 heteroatoms. The summed E-state index contributed by atoms with van der Waals surface area (Å²) in [4.78, 5) is 18.5. The summed E-state index contributed by atoms with van der Waals surface area (Å²) in [6.45, 7) is 5.46. The zero-order valence-corrected chi connectivity index (χ0v) is 13.6. The monoisotopic (exact) mass is 321 g/mol. The topological polar surface area (TPSA) is 54.5 Å². The van der Waals surface area contributed by atoms with Crippen molar-refractivity contribution in [2.24, 2.45) is 11.8 Å². The van der Waals surface area contributed by atoms with Crippen molar-refractivity contribution in [3.05, 3.63) is 23.6 Å². The van der Waals surface area contributed by atoms with E-state index in [1.807, 2.05) is 0 Å². The number of piperidine rings is 1. The molecular weight excluding hydrogens is 297 g/mol. The summed E-state index contributed by atoms with van der Waals surface area (Å²) in [5, 5.41) is 3.06. The molecule has 1 unspecified atom stereocenters. The van der Waals surface area contributed by atoms with Crippen LogP contribution in [-0.4, -0.2) is 43.7 Å². The first kappa shape index (κ1) is 16.2. The molecule has 0 aliphatic carbocycles. The van der Waals surface area contributed by atoms with Crippen LogP contribution in [-0.2, 0) is 9.53 Å². The zero-order valence-electron chi connectivity index (χ0n) is 13.6. The lowest BCUT2D eigenvalue weighted by molar-refractivity contribution is -0.125. The minimum absolute atomic E-state index is 0.0291. The maximum atomic E-state index is 13.3. The van der Waals surface area contributed by atoms with E-state index >= 15 is 0 Å². The SMILES string of the molecule is Cc1nc(N2CCC(CNC(=O)C3CCOC3)CC2)ccc1F. The number of hydrogen-bond acceptors (Lipinski definition) is 4. The fourth-order valence-corrected chi connectivity index (χ4v) is 3.20. The highest BCUT2D eigenvalue weighted by molar-refractivity contribution is 5.78. The van der Waals surface area contributed by atoms with Crippen molar-refractivity contribution in [2.75, 3.05) is 37.7 Å². The van der Waals surface area contributed by atoms with Crippen LogP contribution in [0.3, 0.4) is 0 Å². The number of aryl methyl sites for hydroxylation is 1. The van der Waals surface area contributed by atoms with Gasteiger partial charge in [-0.3, -0.25) is 4.79 Å². The summed E-state index contributed by atoms with van der Waals surface area (Å²) >= 11 is 0. The van der Waals surface area contributed by atoms with Gasteiger partial charge in [0.15, 0.2) is 0 Å². The Bertz CT molecular complexity index is 553. The molecule has 5 nitrogen and oxygen atoms in total. The van der Waals surface area contributed by atoms with Gasteiger partial charge in [0, 0.05) is 26.2 Å². The second-order valence-electron chi connectivity index (χ2n) is 6.47. The standard InChI is InChI=1S/C17H24FN3O2/c1-12-15(18)2-3-16(20-12)21-7-4-13(5-8-21)10-19-17(22)14-6-9-23-11-14/h2-3,13-14H,4-11H2,1H3,(H,19,22). The van der Waals surface area contributed by atoms with Crippen molar-refractivity contribution in [1.29, 1.82) is 0 Å². The van der Waals surface area contributed by atoms with Crippen molar-refractivity contribution in [2.45, 2.75) is 26.2 Å². The zero-order chi connectivity index (χ0) is 16.2. The van der Waals surface area contributed by atoms with Gasteiger partial charge in [-0.25, -0.2) is 9.37 Å². The highest BCUT2D eigenvalue weighted by Crippen LogP contribution is 2.22. The maximum Gasteiger partial charge on any atom is 0.225 e. The first-order valence-electron chi connectivity index (χ1n) is 8.37. The highest BCUT2D eigenvalue weighted by Gasteiger charge is 2.25. The van der Waals surface area contributed by atoms with E-state index in [4.69, 9.17) is 4.74 Å². The molecule has 3 rings (SSSR count). The molecule has 2 fully saturated rings. The van der Waals surface area contributed by atoms with Crippen LogP contribution in [0.2, 0.25) is 0 Å². The minimum atomic E-state index is -0.262. The Labute approximate surface area is 136 Å². The quantitative estimate of drug-likeness (QED) is 0.920. The van der Waals surface area contributed by atoms with E-state index < -0.39 is 0 Å². The van der Waals surface area contributed by atoms with Crippen LogP contribution in [0, 0.1) is 24.6 Å². The number of nitrogens with zero attached hydrogens (tertiary/aromatic N) is 2. The van der Waals surface area contributed by atoms with Crippen LogP contribution in [0.4, 0.5) is 10.2 Å². The van der Waals surface area contributed by atoms with Crippen molar-refractivity contribution in [3.63, 3.8) is 0 Å². The van der Waals surface area contributed by atoms with Gasteiger partial charge in [-0.15, -0.1) is 0 Å². The third-order valence-electron chi connectivity index (χ3n) is 4.81. The average Bonchev–Trinajstić information content (AvgIpc) is 3.10. The van der Waals surface area contributed by atoms with E-state index in [2.05, 4.69) is 15.2 Å². The predicted molar refractivity (Wildman–Crippen MR) is 85.8 cm³/mol. The van der Waals surface area contributed by atoms with Gasteiger partial charge in [-0.05, 0) is 44.2 Å². The number of ether oxygens (including phenoxy) is 1. The van der Waals surface area contributed by atoms with E-state index in [1.165, 1.54) is 6.07 Å². The van der Waals surface area contributed by atoms with Gasteiger partial charge in [-0.1, -0.05) is 0 Å². The number of pyridine rings is 1. The molecule has 0 radical (unpaired) electrons. The van der Waals surface area contributed by atoms with E-state index in [1.54, 1.807) is 13.0 Å². The number of halogens is 1. The van der Waals surface area contributed by atoms with Crippen LogP contribution < -0.4 is 10.2 Å². The molecule has 1 atom stereocenters. The van der Waals surface area contributed by atoms with Crippen LogP contribution in [0.1, 0.15) is 25.0 Å². The smallest absolute Gasteiger partial charge is 0.225 e. The molecule has 2 aliphatic rings. The Morgan fingerprint density at radius 1 is 1.39 bits per heavy atom. The molecule has 2 saturated heterocycles. The molecule has 0 bridgehead atoms. The Hall–Kier alpha value is -1.69. The number of carbonyl (C=O) groups excluding carboxylic acids is 1. The Morgan fingerprint density at radius 3 is 2.83 bits per heavy atom. The third kappa shape index (κ3) is 3.99. The maximum absolute atomic E-state index is 13.3. The number of anilines is 1. The van der Waals surface area contributed by atoms with Crippen LogP contribution in [0.15, 0.2) is 12.1 Å². The lowest BCUT2D eigenvalue weighted by atomic mass is 9.96. The molecular formula is C17H24FN3O2. The molecule has 2 aliphatic heterocycles. The van der Waals surface area contributed by atoms with Gasteiger partial charge in [-0.2, -0.15) is 0 Å². The number of amides is 1. The Morgan fingerprint density at radius 2 is 2.17 bits per heavy atom. The molecule has 0 aromatic carbocycles. The fraction of sp³-hybridized carbons (Fsp3) is 0.647. The highest BCUT2D eigenvalue weighted by atomic mass is 19.1. The van der Waals surface area contributed by atoms with E-state index in [9.17, 15) is 9.18 Å². The van der Waals surface area contributed by atoms with E-state index in [-0.39, 0.29) is 17.6 Å². The predicted octanol–water partition coefficient (Wildman–Crippen LogP) is 1.90. The summed E-state index contributed by atoms with van der Waals surface area (Å²) < 4.78 is 18.6. The summed E-state index contributed by atoms with van der Waals surface area (Å²) in [6.07, 6.45) is 2.86. The molecule has 23 heavy (non-hydrogen) atoms. The number of nitrogens with one attached hydrogen (secondary N) is 1. The second-order valence-corrected chi connectivity index (χ2v) is 6.47. The molecule has 126 valence electrons. The van der Waals surface area contributed by atoms with Crippen LogP contribution >= 0.6 is 0 Å². The fourth-order valence-electron chi connectivity index (χ4n) is 3.20. The first-order chi connectivity index (χ1) is 11.1. The minimum Gasteiger partial charge on any atom is -0.381 e. The van der Waals surface area contributed by atoms with Crippen molar-refractivity contribution < 1.29 is 13.9 Å². The Balaban J connectivity index is 1.44. The van der Waals surface area contributed by atoms with Crippen molar-refractivity contribution in [1.82, 2.24) is 10.3 Å². The third-order valence-corrected chi connectivity index (χ3v) is 4.81. The van der Waals surface area contributed by atoms with Crippen LogP contribution in [0.5, 0.6) is 0 Å². The number of carbonyl (C=O) groups is 1. The largest absolute Gasteiger partial charge is 0.381 e. The van der Waals surface area contributed by atoms with E-state index in [0.29, 0.717) is 24.8 Å². The molecule has 3 heterocycles. The summed E-state index contributed by atoms with van der Waals surface area (Å²) in [5.74, 6) is 1.23. The van der Waals surface area contributed by atoms with Gasteiger partial charge < -0.3 is 15.0 Å². The van der Waals surface area contributed by atoms with Gasteiger partial charge in [0.2, 0.25) is 5.91 Å². The molecule has 0 saturated carbocycles. The first-order valence-corrected chi connectivity index (χ1v) is 8.37.